The van der Waals surface area contributed by atoms with Crippen molar-refractivity contribution in [1.82, 2.24) is 4.90 Å². The normalized spacial score (nSPS) is 17.5. The van der Waals surface area contributed by atoms with Crippen LogP contribution in [0.2, 0.25) is 0 Å². The van der Waals surface area contributed by atoms with Crippen molar-refractivity contribution in [2.75, 3.05) is 27.3 Å². The van der Waals surface area contributed by atoms with E-state index in [0.29, 0.717) is 19.1 Å². The van der Waals surface area contributed by atoms with Crippen molar-refractivity contribution in [1.29, 1.82) is 5.26 Å². The van der Waals surface area contributed by atoms with Crippen LogP contribution >= 0.6 is 0 Å². The van der Waals surface area contributed by atoms with Crippen LogP contribution in [0.1, 0.15) is 20.3 Å². The van der Waals surface area contributed by atoms with Gasteiger partial charge >= 0.3 is 0 Å². The Morgan fingerprint density at radius 3 is 2.64 bits per heavy atom. The molecule has 0 aliphatic carbocycles. The molecule has 0 aromatic heterocycles. The highest BCUT2D eigenvalue weighted by atomic mass is 16.5. The van der Waals surface area contributed by atoms with Gasteiger partial charge in [0.1, 0.15) is 5.54 Å². The van der Waals surface area contributed by atoms with E-state index in [9.17, 15) is 0 Å². The van der Waals surface area contributed by atoms with Gasteiger partial charge in [0.25, 0.3) is 0 Å². The van der Waals surface area contributed by atoms with E-state index in [1.54, 1.807) is 14.0 Å². The Bertz CT molecular complexity index is 198. The maximum absolute atomic E-state index is 8.78. The number of methoxy groups -OCH3 is 1. The Morgan fingerprint density at radius 1 is 1.64 bits per heavy atom. The molecule has 0 spiro atoms. The molecule has 0 aromatic rings. The summed E-state index contributed by atoms with van der Waals surface area (Å²) >= 11 is 0. The summed E-state index contributed by atoms with van der Waals surface area (Å²) in [5.74, 6) is 0. The molecule has 0 bridgehead atoms. The molecule has 0 heterocycles. The molecule has 0 saturated carbocycles. The topological polar surface area (TPSA) is 62.3 Å². The first kappa shape index (κ1) is 13.4. The summed E-state index contributed by atoms with van der Waals surface area (Å²) in [5, 5.41) is 8.78. The first-order valence-corrected chi connectivity index (χ1v) is 4.82. The fourth-order valence-corrected chi connectivity index (χ4v) is 1.27. The minimum Gasteiger partial charge on any atom is -0.383 e. The molecule has 2 atom stereocenters. The molecule has 4 nitrogen and oxygen atoms in total. The SMILES string of the molecule is COCCN(C)C(C)CC(C)(N)C#N. The van der Waals surface area contributed by atoms with E-state index < -0.39 is 5.54 Å². The van der Waals surface area contributed by atoms with Crippen LogP contribution in [-0.2, 0) is 4.74 Å². The number of hydrogen-bond acceptors (Lipinski definition) is 4. The van der Waals surface area contributed by atoms with Gasteiger partial charge in [-0.2, -0.15) is 5.26 Å². The minimum absolute atomic E-state index is 0.291. The van der Waals surface area contributed by atoms with Gasteiger partial charge in [-0.25, -0.2) is 0 Å². The quantitative estimate of drug-likeness (QED) is 0.680. The van der Waals surface area contributed by atoms with Crippen molar-refractivity contribution >= 4 is 0 Å². The number of ether oxygens (including phenoxy) is 1. The second-order valence-electron chi connectivity index (χ2n) is 4.06. The lowest BCUT2D eigenvalue weighted by Gasteiger charge is -2.28. The summed E-state index contributed by atoms with van der Waals surface area (Å²) in [5.41, 5.74) is 5.03. The molecule has 82 valence electrons. The summed E-state index contributed by atoms with van der Waals surface area (Å²) in [7, 11) is 3.69. The van der Waals surface area contributed by atoms with E-state index in [2.05, 4.69) is 17.9 Å². The average molecular weight is 199 g/mol. The molecule has 0 radical (unpaired) electrons. The van der Waals surface area contributed by atoms with Crippen molar-refractivity contribution < 1.29 is 4.74 Å². The largest absolute Gasteiger partial charge is 0.383 e. The number of likely N-dealkylation sites (N-methyl/N-ethyl adjacent to an activating group) is 1. The second kappa shape index (κ2) is 5.97. The standard InChI is InChI=1S/C10H21N3O/c1-9(7-10(2,12)8-11)13(3)5-6-14-4/h9H,5-7,12H2,1-4H3. The van der Waals surface area contributed by atoms with Crippen LogP contribution < -0.4 is 5.73 Å². The van der Waals surface area contributed by atoms with Gasteiger partial charge < -0.3 is 15.4 Å². The van der Waals surface area contributed by atoms with Gasteiger partial charge in [-0.05, 0) is 27.3 Å². The summed E-state index contributed by atoms with van der Waals surface area (Å²) in [4.78, 5) is 2.14. The predicted octanol–water partition coefficient (Wildman–Crippen LogP) is 0.584. The summed E-state index contributed by atoms with van der Waals surface area (Å²) in [6.07, 6.45) is 0.670. The highest BCUT2D eigenvalue weighted by molar-refractivity contribution is 5.02. The van der Waals surface area contributed by atoms with Crippen LogP contribution in [0.15, 0.2) is 0 Å². The molecule has 0 aromatic carbocycles. The van der Waals surface area contributed by atoms with Crippen LogP contribution in [-0.4, -0.2) is 43.8 Å². The zero-order valence-corrected chi connectivity index (χ0v) is 9.58. The molecule has 2 unspecified atom stereocenters. The van der Waals surface area contributed by atoms with Crippen LogP contribution in [0.25, 0.3) is 0 Å². The van der Waals surface area contributed by atoms with E-state index in [-0.39, 0.29) is 0 Å². The molecule has 14 heavy (non-hydrogen) atoms. The van der Waals surface area contributed by atoms with E-state index >= 15 is 0 Å². The molecule has 0 amide bonds. The highest BCUT2D eigenvalue weighted by Gasteiger charge is 2.22. The third-order valence-corrected chi connectivity index (χ3v) is 2.38. The third-order valence-electron chi connectivity index (χ3n) is 2.38. The van der Waals surface area contributed by atoms with Gasteiger partial charge in [0.15, 0.2) is 0 Å². The minimum atomic E-state index is -0.735. The van der Waals surface area contributed by atoms with Gasteiger partial charge in [0.2, 0.25) is 0 Å². The zero-order valence-electron chi connectivity index (χ0n) is 9.58. The smallest absolute Gasteiger partial charge is 0.102 e. The predicted molar refractivity (Wildman–Crippen MR) is 56.8 cm³/mol. The van der Waals surface area contributed by atoms with Gasteiger partial charge in [-0.15, -0.1) is 0 Å². The third kappa shape index (κ3) is 5.18. The highest BCUT2D eigenvalue weighted by Crippen LogP contribution is 2.11. The molecule has 0 aliphatic heterocycles. The maximum Gasteiger partial charge on any atom is 0.102 e. The molecule has 0 rings (SSSR count). The van der Waals surface area contributed by atoms with Crippen LogP contribution in [0.5, 0.6) is 0 Å². The van der Waals surface area contributed by atoms with Gasteiger partial charge in [-0.1, -0.05) is 0 Å². The molecule has 0 fully saturated rings. The van der Waals surface area contributed by atoms with Gasteiger partial charge in [0, 0.05) is 19.7 Å². The van der Waals surface area contributed by atoms with Crippen LogP contribution in [0, 0.1) is 11.3 Å². The number of nitrogens with zero attached hydrogens (tertiary/aromatic N) is 2. The lowest BCUT2D eigenvalue weighted by molar-refractivity contribution is 0.135. The van der Waals surface area contributed by atoms with E-state index in [4.69, 9.17) is 15.7 Å². The number of nitriles is 1. The average Bonchev–Trinajstić information content (AvgIpc) is 2.13. The lowest BCUT2D eigenvalue weighted by atomic mass is 9.96. The number of hydrogen-bond donors (Lipinski definition) is 1. The Hall–Kier alpha value is -0.630. The summed E-state index contributed by atoms with van der Waals surface area (Å²) in [6.45, 7) is 5.39. The molecular formula is C10H21N3O. The van der Waals surface area contributed by atoms with Crippen LogP contribution in [0.4, 0.5) is 0 Å². The fourth-order valence-electron chi connectivity index (χ4n) is 1.27. The van der Waals surface area contributed by atoms with Crippen molar-refractivity contribution in [3.8, 4) is 6.07 Å². The van der Waals surface area contributed by atoms with Crippen molar-refractivity contribution in [3.63, 3.8) is 0 Å². The Balaban J connectivity index is 3.95. The monoisotopic (exact) mass is 199 g/mol. The van der Waals surface area contributed by atoms with Crippen molar-refractivity contribution in [3.05, 3.63) is 0 Å². The molecule has 0 aliphatic rings. The fraction of sp³-hybridized carbons (Fsp3) is 0.900. The Labute approximate surface area is 86.6 Å². The molecule has 2 N–H and O–H groups in total. The molecule has 0 saturated heterocycles. The van der Waals surface area contributed by atoms with Gasteiger partial charge in [-0.3, -0.25) is 0 Å². The number of nitrogens with two attached hydrogens (primary N) is 1. The summed E-state index contributed by atoms with van der Waals surface area (Å²) in [6, 6.07) is 2.39. The summed E-state index contributed by atoms with van der Waals surface area (Å²) < 4.78 is 4.98. The Morgan fingerprint density at radius 2 is 2.21 bits per heavy atom. The lowest BCUT2D eigenvalue weighted by Crippen LogP contribution is -2.43. The first-order valence-electron chi connectivity index (χ1n) is 4.82. The van der Waals surface area contributed by atoms with Crippen LogP contribution in [0.3, 0.4) is 0 Å². The molecule has 4 heteroatoms. The van der Waals surface area contributed by atoms with Crippen molar-refractivity contribution in [2.45, 2.75) is 31.8 Å². The molecular weight excluding hydrogens is 178 g/mol. The zero-order chi connectivity index (χ0) is 11.2. The van der Waals surface area contributed by atoms with E-state index in [1.165, 1.54) is 0 Å². The maximum atomic E-state index is 8.78. The van der Waals surface area contributed by atoms with E-state index in [1.807, 2.05) is 7.05 Å². The number of rotatable bonds is 6. The van der Waals surface area contributed by atoms with E-state index in [0.717, 1.165) is 6.54 Å². The van der Waals surface area contributed by atoms with Crippen molar-refractivity contribution in [2.24, 2.45) is 5.73 Å². The Kier molecular flexibility index (Phi) is 5.70. The van der Waals surface area contributed by atoms with Gasteiger partial charge in [0.05, 0.1) is 12.7 Å². The second-order valence-corrected chi connectivity index (χ2v) is 4.06. The first-order chi connectivity index (χ1) is 6.43.